The normalized spacial score (nSPS) is 10.3. The van der Waals surface area contributed by atoms with Gasteiger partial charge >= 0.3 is 0 Å². The third-order valence-electron chi connectivity index (χ3n) is 6.77. The zero-order chi connectivity index (χ0) is 37.8. The second-order valence-electron chi connectivity index (χ2n) is 10.3. The molecular weight excluding hydrogens is 597 g/mol. The number of hydrogen-bond acceptors (Lipinski definition) is 1. The highest BCUT2D eigenvalue weighted by molar-refractivity contribution is 7.80. The lowest BCUT2D eigenvalue weighted by Crippen LogP contribution is -1.89. The van der Waals surface area contributed by atoms with Crippen LogP contribution in [0.1, 0.15) is 132 Å². The van der Waals surface area contributed by atoms with Gasteiger partial charge in [0, 0.05) is 4.90 Å². The van der Waals surface area contributed by atoms with E-state index in [-0.39, 0.29) is 0 Å². The Hall–Kier alpha value is -3.29. The van der Waals surface area contributed by atoms with Gasteiger partial charge in [0.05, 0.1) is 0 Å². The molecule has 3 aromatic rings. The number of aryl methyl sites for hydroxylation is 3. The van der Waals surface area contributed by atoms with E-state index in [0.717, 1.165) is 30.6 Å². The minimum Gasteiger partial charge on any atom is -0.143 e. The van der Waals surface area contributed by atoms with Crippen LogP contribution in [0.4, 0.5) is 0 Å². The lowest BCUT2D eigenvalue weighted by Gasteiger charge is -2.10. The summed E-state index contributed by atoms with van der Waals surface area (Å²) < 4.78 is 0. The van der Waals surface area contributed by atoms with Crippen molar-refractivity contribution in [3.05, 3.63) is 155 Å². The van der Waals surface area contributed by atoms with E-state index < -0.39 is 0 Å². The van der Waals surface area contributed by atoms with Crippen molar-refractivity contribution in [1.82, 2.24) is 0 Å². The van der Waals surface area contributed by atoms with Crippen molar-refractivity contribution in [3.8, 4) is 0 Å². The fraction of sp³-hybridized carbons (Fsp3) is 0.404. The van der Waals surface area contributed by atoms with Crippen molar-refractivity contribution >= 4 is 18.2 Å². The Kier molecular flexibility index (Phi) is 41.0. The van der Waals surface area contributed by atoms with Crippen LogP contribution < -0.4 is 0 Å². The Balaban J connectivity index is -0.000000287. The summed E-state index contributed by atoms with van der Waals surface area (Å²) >= 11 is 4.08. The van der Waals surface area contributed by atoms with Gasteiger partial charge in [-0.3, -0.25) is 0 Å². The molecule has 0 radical (unpaired) electrons. The average molecular weight is 671 g/mol. The van der Waals surface area contributed by atoms with Gasteiger partial charge in [0.15, 0.2) is 0 Å². The highest BCUT2D eigenvalue weighted by Crippen LogP contribution is 2.24. The lowest BCUT2D eigenvalue weighted by molar-refractivity contribution is 0.961. The van der Waals surface area contributed by atoms with E-state index in [0.29, 0.717) is 0 Å². The molecular formula is C47H74S. The molecule has 0 aliphatic carbocycles. The van der Waals surface area contributed by atoms with Crippen LogP contribution in [-0.4, -0.2) is 0 Å². The summed E-state index contributed by atoms with van der Waals surface area (Å²) in [6.45, 7) is 36.7. The number of benzene rings is 3. The summed E-state index contributed by atoms with van der Waals surface area (Å²) in [6.07, 6.45) is 14.1. The number of rotatable bonds is 9. The number of hydrogen-bond donors (Lipinski definition) is 1. The van der Waals surface area contributed by atoms with E-state index in [1.807, 2.05) is 84.0 Å². The molecule has 1 heteroatoms. The third kappa shape index (κ3) is 27.8. The fourth-order valence-electron chi connectivity index (χ4n) is 3.67. The molecule has 0 bridgehead atoms. The second kappa shape index (κ2) is 38.2. The molecule has 0 amide bonds. The highest BCUT2D eigenvalue weighted by atomic mass is 32.1. The van der Waals surface area contributed by atoms with Gasteiger partial charge in [0.25, 0.3) is 0 Å². The number of unbranched alkanes of at least 4 members (excludes halogenated alkanes) is 1. The summed E-state index contributed by atoms with van der Waals surface area (Å²) in [7, 11) is 0. The Bertz CT molecular complexity index is 1240. The Morgan fingerprint density at radius 1 is 0.646 bits per heavy atom. The summed E-state index contributed by atoms with van der Waals surface area (Å²) in [4.78, 5) is 1.02. The van der Waals surface area contributed by atoms with Crippen molar-refractivity contribution in [2.24, 2.45) is 0 Å². The van der Waals surface area contributed by atoms with Gasteiger partial charge < -0.3 is 0 Å². The highest BCUT2D eigenvalue weighted by Gasteiger charge is 2.03. The molecule has 0 spiro atoms. The Morgan fingerprint density at radius 2 is 1.15 bits per heavy atom. The van der Waals surface area contributed by atoms with Crippen LogP contribution in [0.25, 0.3) is 5.57 Å². The predicted molar refractivity (Wildman–Crippen MR) is 230 cm³/mol. The van der Waals surface area contributed by atoms with Crippen LogP contribution in [0.5, 0.6) is 0 Å². The van der Waals surface area contributed by atoms with Crippen molar-refractivity contribution in [3.63, 3.8) is 0 Å². The second-order valence-corrected chi connectivity index (χ2v) is 10.8. The lowest BCUT2D eigenvalue weighted by atomic mass is 9.95. The molecule has 0 heterocycles. The predicted octanol–water partition coefficient (Wildman–Crippen LogP) is 16.1. The van der Waals surface area contributed by atoms with Crippen molar-refractivity contribution in [2.75, 3.05) is 0 Å². The Labute approximate surface area is 306 Å². The summed E-state index contributed by atoms with van der Waals surface area (Å²) in [5, 5.41) is 0. The SMILES string of the molecule is C=C/C(C)=C(C)/C=C(\C=C(\C)CC)c1ccccc1C.C=CCCC.CC.CC.CC.CCc1cccc(CC)c1.Sc1ccccc1. The Morgan fingerprint density at radius 3 is 1.50 bits per heavy atom. The van der Waals surface area contributed by atoms with Crippen LogP contribution in [0.2, 0.25) is 0 Å². The van der Waals surface area contributed by atoms with E-state index in [4.69, 9.17) is 0 Å². The quantitative estimate of drug-likeness (QED) is 0.131. The molecule has 0 fully saturated rings. The number of allylic oxidation sites excluding steroid dienone is 8. The van der Waals surface area contributed by atoms with E-state index in [9.17, 15) is 0 Å². The summed E-state index contributed by atoms with van der Waals surface area (Å²) in [5.41, 5.74) is 10.7. The van der Waals surface area contributed by atoms with E-state index in [2.05, 4.69) is 142 Å². The smallest absolute Gasteiger partial charge is 0.00399 e. The third-order valence-corrected chi connectivity index (χ3v) is 7.07. The molecule has 0 unspecified atom stereocenters. The molecule has 48 heavy (non-hydrogen) atoms. The zero-order valence-electron chi connectivity index (χ0n) is 33.7. The van der Waals surface area contributed by atoms with Crippen molar-refractivity contribution < 1.29 is 0 Å². The monoisotopic (exact) mass is 671 g/mol. The summed E-state index contributed by atoms with van der Waals surface area (Å²) in [6, 6.07) is 27.1. The topological polar surface area (TPSA) is 0 Å². The molecule has 0 saturated heterocycles. The van der Waals surface area contributed by atoms with Crippen LogP contribution >= 0.6 is 12.6 Å². The van der Waals surface area contributed by atoms with Crippen LogP contribution in [0.15, 0.2) is 138 Å². The molecule has 0 aliphatic heterocycles. The van der Waals surface area contributed by atoms with E-state index >= 15 is 0 Å². The standard InChI is InChI=1S/C20H26.C10H14.C6H6S.C5H10.3C2H6/c1-7-15(3)13-19(14-18(6)16(4)8-2)20-12-10-9-11-17(20)5;1-3-9-6-5-7-10(4-2)8-9;7-6-4-2-1-3-5-6;1-3-5-4-2;3*1-2/h8-14H,2,7H2,1,3-6H3;5-8H,3-4H2,1-2H3;1-5,7H;3H,1,4-5H2,2H3;3*1-2H3/b15-13-,18-16+,19-14+;;;;;;. The number of thiol groups is 1. The summed E-state index contributed by atoms with van der Waals surface area (Å²) in [5.74, 6) is 0. The molecule has 0 aliphatic rings. The molecule has 0 N–H and O–H groups in total. The van der Waals surface area contributed by atoms with Gasteiger partial charge in [0.2, 0.25) is 0 Å². The molecule has 0 nitrogen and oxygen atoms in total. The van der Waals surface area contributed by atoms with Gasteiger partial charge in [0.1, 0.15) is 0 Å². The van der Waals surface area contributed by atoms with Crippen LogP contribution in [0.3, 0.4) is 0 Å². The first-order chi connectivity index (χ1) is 23.2. The molecule has 268 valence electrons. The first-order valence-corrected chi connectivity index (χ1v) is 18.8. The molecule has 0 atom stereocenters. The minimum absolute atomic E-state index is 1.02. The first kappa shape index (κ1) is 51.5. The molecule has 3 rings (SSSR count). The first-order valence-electron chi connectivity index (χ1n) is 18.3. The van der Waals surface area contributed by atoms with E-state index in [1.165, 1.54) is 51.0 Å². The largest absolute Gasteiger partial charge is 0.143 e. The van der Waals surface area contributed by atoms with E-state index in [1.54, 1.807) is 0 Å². The zero-order valence-corrected chi connectivity index (χ0v) is 34.6. The maximum Gasteiger partial charge on any atom is 0.00399 e. The van der Waals surface area contributed by atoms with Gasteiger partial charge in [-0.2, -0.15) is 0 Å². The van der Waals surface area contributed by atoms with Crippen LogP contribution in [0, 0.1) is 6.92 Å². The van der Waals surface area contributed by atoms with Gasteiger partial charge in [-0.05, 0) is 104 Å². The van der Waals surface area contributed by atoms with Gasteiger partial charge in [-0.25, -0.2) is 0 Å². The van der Waals surface area contributed by atoms with Crippen molar-refractivity contribution in [2.45, 2.75) is 134 Å². The maximum atomic E-state index is 4.08. The molecule has 0 aromatic heterocycles. The minimum atomic E-state index is 1.02. The van der Waals surface area contributed by atoms with Gasteiger partial charge in [-0.1, -0.05) is 179 Å². The maximum absolute atomic E-state index is 4.08. The fourth-order valence-corrected chi connectivity index (χ4v) is 3.84. The average Bonchev–Trinajstić information content (AvgIpc) is 3.15. The van der Waals surface area contributed by atoms with Crippen LogP contribution in [-0.2, 0) is 12.8 Å². The van der Waals surface area contributed by atoms with Crippen molar-refractivity contribution in [1.29, 1.82) is 0 Å². The van der Waals surface area contributed by atoms with Gasteiger partial charge in [-0.15, -0.1) is 19.2 Å². The molecule has 0 saturated carbocycles. The molecule has 3 aromatic carbocycles.